The molecular weight excluding hydrogens is 286 g/mol. The van der Waals surface area contributed by atoms with E-state index in [1.165, 1.54) is 6.07 Å². The minimum Gasteiger partial charge on any atom is -0.462 e. The first kappa shape index (κ1) is 15.8. The number of rotatable bonds is 4. The summed E-state index contributed by atoms with van der Waals surface area (Å²) in [5.74, 6) is -1.07. The number of benzene rings is 1. The average molecular weight is 303 g/mol. The van der Waals surface area contributed by atoms with Gasteiger partial charge in [0.25, 0.3) is 0 Å². The van der Waals surface area contributed by atoms with Gasteiger partial charge in [-0.3, -0.25) is 4.79 Å². The first-order chi connectivity index (χ1) is 10.5. The second-order valence-corrected chi connectivity index (χ2v) is 4.66. The van der Waals surface area contributed by atoms with E-state index in [1.807, 2.05) is 0 Å². The van der Waals surface area contributed by atoms with Gasteiger partial charge in [-0.05, 0) is 39.0 Å². The van der Waals surface area contributed by atoms with Gasteiger partial charge in [0, 0.05) is 16.5 Å². The summed E-state index contributed by atoms with van der Waals surface area (Å²) in [5, 5.41) is 0.330. The number of fused-ring (bicyclic) bond motifs is 1. The van der Waals surface area contributed by atoms with Crippen molar-refractivity contribution in [1.29, 1.82) is 0 Å². The van der Waals surface area contributed by atoms with Gasteiger partial charge in [0.1, 0.15) is 5.69 Å². The lowest BCUT2D eigenvalue weighted by molar-refractivity contribution is 0.0512. The summed E-state index contributed by atoms with van der Waals surface area (Å²) in [6.07, 6.45) is 0. The largest absolute Gasteiger partial charge is 0.462 e. The maximum Gasteiger partial charge on any atom is 0.355 e. The molecule has 2 rings (SSSR count). The summed E-state index contributed by atoms with van der Waals surface area (Å²) < 4.78 is 9.84. The smallest absolute Gasteiger partial charge is 0.355 e. The van der Waals surface area contributed by atoms with Gasteiger partial charge in [0.2, 0.25) is 0 Å². The third kappa shape index (κ3) is 2.86. The van der Waals surface area contributed by atoms with Crippen molar-refractivity contribution in [2.45, 2.75) is 20.8 Å². The first-order valence-electron chi connectivity index (χ1n) is 7.00. The van der Waals surface area contributed by atoms with E-state index in [1.54, 1.807) is 32.9 Å². The van der Waals surface area contributed by atoms with E-state index in [9.17, 15) is 14.4 Å². The van der Waals surface area contributed by atoms with Crippen molar-refractivity contribution in [3.8, 4) is 0 Å². The van der Waals surface area contributed by atoms with Crippen LogP contribution in [-0.4, -0.2) is 30.1 Å². The molecule has 2 aromatic rings. The number of aromatic amines is 1. The Labute approximate surface area is 127 Å². The van der Waals surface area contributed by atoms with Crippen molar-refractivity contribution < 1.29 is 19.1 Å². The van der Waals surface area contributed by atoms with E-state index in [2.05, 4.69) is 4.98 Å². The van der Waals surface area contributed by atoms with Crippen LogP contribution in [-0.2, 0) is 9.47 Å². The highest BCUT2D eigenvalue weighted by Gasteiger charge is 2.17. The molecule has 0 amide bonds. The Bertz CT molecular complexity index is 791. The molecule has 1 aromatic heterocycles. The van der Waals surface area contributed by atoms with Crippen molar-refractivity contribution in [2.75, 3.05) is 13.2 Å². The molecule has 0 aliphatic carbocycles. The van der Waals surface area contributed by atoms with Crippen LogP contribution >= 0.6 is 0 Å². The van der Waals surface area contributed by atoms with Crippen LogP contribution in [0.3, 0.4) is 0 Å². The van der Waals surface area contributed by atoms with Crippen molar-refractivity contribution in [2.24, 2.45) is 0 Å². The van der Waals surface area contributed by atoms with Gasteiger partial charge in [0.05, 0.1) is 18.8 Å². The van der Waals surface area contributed by atoms with Crippen LogP contribution in [0.15, 0.2) is 23.0 Å². The third-order valence-electron chi connectivity index (χ3n) is 3.23. The van der Waals surface area contributed by atoms with Crippen molar-refractivity contribution >= 4 is 22.8 Å². The zero-order chi connectivity index (χ0) is 16.3. The molecule has 0 saturated carbocycles. The van der Waals surface area contributed by atoms with E-state index in [0.29, 0.717) is 16.5 Å². The molecule has 1 aromatic carbocycles. The van der Waals surface area contributed by atoms with Gasteiger partial charge in [-0.15, -0.1) is 0 Å². The van der Waals surface area contributed by atoms with Gasteiger partial charge in [-0.2, -0.15) is 0 Å². The first-order valence-corrected chi connectivity index (χ1v) is 7.00. The molecule has 6 nitrogen and oxygen atoms in total. The second kappa shape index (κ2) is 6.43. The highest BCUT2D eigenvalue weighted by molar-refractivity contribution is 5.97. The maximum atomic E-state index is 12.4. The summed E-state index contributed by atoms with van der Waals surface area (Å²) in [4.78, 5) is 38.9. The number of aromatic nitrogens is 1. The molecule has 1 N–H and O–H groups in total. The number of ether oxygens (including phenoxy) is 2. The van der Waals surface area contributed by atoms with Gasteiger partial charge in [0.15, 0.2) is 5.43 Å². The monoisotopic (exact) mass is 303 g/mol. The Morgan fingerprint density at radius 2 is 1.73 bits per heavy atom. The average Bonchev–Trinajstić information content (AvgIpc) is 2.51. The summed E-state index contributed by atoms with van der Waals surface area (Å²) in [6.45, 7) is 5.43. The molecule has 1 heterocycles. The molecule has 0 unspecified atom stereocenters. The van der Waals surface area contributed by atoms with Crippen LogP contribution in [0.25, 0.3) is 10.9 Å². The third-order valence-corrected chi connectivity index (χ3v) is 3.23. The maximum absolute atomic E-state index is 12.4. The number of pyridine rings is 1. The van der Waals surface area contributed by atoms with Crippen molar-refractivity contribution in [3.63, 3.8) is 0 Å². The molecule has 0 saturated heterocycles. The minimum atomic E-state index is -0.575. The summed E-state index contributed by atoms with van der Waals surface area (Å²) in [6, 6.07) is 4.58. The predicted molar refractivity (Wildman–Crippen MR) is 81.2 cm³/mol. The molecule has 0 radical (unpaired) electrons. The molecule has 0 spiro atoms. The van der Waals surface area contributed by atoms with E-state index >= 15 is 0 Å². The molecule has 0 aliphatic rings. The summed E-state index contributed by atoms with van der Waals surface area (Å²) in [7, 11) is 0. The molecule has 116 valence electrons. The van der Waals surface area contributed by atoms with Crippen LogP contribution < -0.4 is 5.43 Å². The fourth-order valence-electron chi connectivity index (χ4n) is 2.13. The Kier molecular flexibility index (Phi) is 4.60. The van der Waals surface area contributed by atoms with Gasteiger partial charge >= 0.3 is 11.9 Å². The molecule has 0 atom stereocenters. The van der Waals surface area contributed by atoms with Crippen LogP contribution in [0, 0.1) is 6.92 Å². The van der Waals surface area contributed by atoms with E-state index in [-0.39, 0.29) is 29.9 Å². The lowest BCUT2D eigenvalue weighted by Gasteiger charge is -2.08. The fourth-order valence-corrected chi connectivity index (χ4v) is 2.13. The van der Waals surface area contributed by atoms with E-state index < -0.39 is 11.9 Å². The van der Waals surface area contributed by atoms with Crippen LogP contribution in [0.1, 0.15) is 40.3 Å². The zero-order valence-electron chi connectivity index (χ0n) is 12.7. The fraction of sp³-hybridized carbons (Fsp3) is 0.312. The number of hydrogen-bond donors (Lipinski definition) is 1. The van der Waals surface area contributed by atoms with Crippen molar-refractivity contribution in [1.82, 2.24) is 4.98 Å². The quantitative estimate of drug-likeness (QED) is 0.875. The highest BCUT2D eigenvalue weighted by atomic mass is 16.5. The standard InChI is InChI=1S/C16H17NO5/c1-4-21-15(19)10-6-7-12-11(8-10)14(18)9(3)13(17-12)16(20)22-5-2/h6-8H,4-5H2,1-3H3,(H,17,18). The summed E-state index contributed by atoms with van der Waals surface area (Å²) in [5.41, 5.74) is 0.827. The molecule has 22 heavy (non-hydrogen) atoms. The number of esters is 2. The number of carbonyl (C=O) groups is 2. The molecular formula is C16H17NO5. The van der Waals surface area contributed by atoms with Crippen molar-refractivity contribution in [3.05, 3.63) is 45.2 Å². The topological polar surface area (TPSA) is 85.5 Å². The van der Waals surface area contributed by atoms with E-state index in [4.69, 9.17) is 9.47 Å². The Morgan fingerprint density at radius 1 is 1.09 bits per heavy atom. The predicted octanol–water partition coefficient (Wildman–Crippen LogP) is 2.19. The van der Waals surface area contributed by atoms with Gasteiger partial charge in [-0.1, -0.05) is 0 Å². The molecule has 6 heteroatoms. The molecule has 0 aliphatic heterocycles. The van der Waals surface area contributed by atoms with Gasteiger partial charge < -0.3 is 14.5 Å². The Balaban J connectivity index is 2.59. The second-order valence-electron chi connectivity index (χ2n) is 4.66. The highest BCUT2D eigenvalue weighted by Crippen LogP contribution is 2.15. The number of hydrogen-bond acceptors (Lipinski definition) is 5. The minimum absolute atomic E-state index is 0.128. The zero-order valence-corrected chi connectivity index (χ0v) is 12.7. The lowest BCUT2D eigenvalue weighted by atomic mass is 10.1. The van der Waals surface area contributed by atoms with Crippen LogP contribution in [0.4, 0.5) is 0 Å². The number of nitrogens with one attached hydrogen (secondary N) is 1. The van der Waals surface area contributed by atoms with Crippen LogP contribution in [0.2, 0.25) is 0 Å². The van der Waals surface area contributed by atoms with Gasteiger partial charge in [-0.25, -0.2) is 9.59 Å². The Morgan fingerprint density at radius 3 is 2.36 bits per heavy atom. The normalized spacial score (nSPS) is 10.5. The molecule has 0 fully saturated rings. The van der Waals surface area contributed by atoms with Crippen LogP contribution in [0.5, 0.6) is 0 Å². The Hall–Kier alpha value is -2.63. The molecule has 0 bridgehead atoms. The lowest BCUT2D eigenvalue weighted by Crippen LogP contribution is -2.18. The summed E-state index contributed by atoms with van der Waals surface area (Å²) >= 11 is 0. The number of H-pyrrole nitrogens is 1. The van der Waals surface area contributed by atoms with E-state index in [0.717, 1.165) is 0 Å². The number of carbonyl (C=O) groups excluding carboxylic acids is 2. The SMILES string of the molecule is CCOC(=O)c1ccc2[nH]c(C(=O)OCC)c(C)c(=O)c2c1.